The van der Waals surface area contributed by atoms with Crippen molar-refractivity contribution in [3.63, 3.8) is 0 Å². The molecule has 29 heavy (non-hydrogen) atoms. The smallest absolute Gasteiger partial charge is 0.249 e. The second kappa shape index (κ2) is 8.47. The highest BCUT2D eigenvalue weighted by atomic mass is 16.5. The van der Waals surface area contributed by atoms with E-state index in [1.807, 2.05) is 60.4 Å². The number of nitrogens with zero attached hydrogens (tertiary/aromatic N) is 3. The maximum absolute atomic E-state index is 12.9. The second-order valence-corrected chi connectivity index (χ2v) is 7.42. The molecule has 0 saturated carbocycles. The molecule has 0 bridgehead atoms. The van der Waals surface area contributed by atoms with E-state index >= 15 is 0 Å². The number of rotatable bonds is 6. The van der Waals surface area contributed by atoms with Gasteiger partial charge in [-0.05, 0) is 43.9 Å². The number of likely N-dealkylation sites (tertiary alicyclic amines) is 1. The molecular weight excluding hydrogens is 366 g/mol. The fourth-order valence-electron chi connectivity index (χ4n) is 3.70. The van der Waals surface area contributed by atoms with Gasteiger partial charge < -0.3 is 14.2 Å². The maximum Gasteiger partial charge on any atom is 0.249 e. The largest absolute Gasteiger partial charge is 0.497 e. The number of methoxy groups -OCH3 is 1. The van der Waals surface area contributed by atoms with Crippen molar-refractivity contribution < 1.29 is 14.1 Å². The van der Waals surface area contributed by atoms with Crippen LogP contribution in [0.2, 0.25) is 0 Å². The zero-order chi connectivity index (χ0) is 20.2. The Hall–Kier alpha value is -3.15. The Kier molecular flexibility index (Phi) is 5.60. The molecule has 1 saturated heterocycles. The van der Waals surface area contributed by atoms with Gasteiger partial charge in [0.05, 0.1) is 7.11 Å². The Bertz CT molecular complexity index is 964. The van der Waals surface area contributed by atoms with Gasteiger partial charge in [0.25, 0.3) is 0 Å². The summed E-state index contributed by atoms with van der Waals surface area (Å²) >= 11 is 0. The maximum atomic E-state index is 12.9. The fraction of sp³-hybridized carbons (Fsp3) is 0.348. The first-order chi connectivity index (χ1) is 14.1. The highest BCUT2D eigenvalue weighted by Crippen LogP contribution is 2.32. The molecule has 1 aliphatic rings. The lowest BCUT2D eigenvalue weighted by atomic mass is 10.1. The van der Waals surface area contributed by atoms with Crippen molar-refractivity contribution in [2.24, 2.45) is 0 Å². The van der Waals surface area contributed by atoms with Crippen LogP contribution < -0.4 is 4.74 Å². The monoisotopic (exact) mass is 391 g/mol. The molecule has 6 nitrogen and oxygen atoms in total. The van der Waals surface area contributed by atoms with E-state index in [4.69, 9.17) is 9.26 Å². The molecular formula is C23H25N3O3. The van der Waals surface area contributed by atoms with Crippen molar-refractivity contribution in [1.82, 2.24) is 15.0 Å². The molecule has 6 heteroatoms. The van der Waals surface area contributed by atoms with Crippen molar-refractivity contribution in [2.45, 2.75) is 38.6 Å². The lowest BCUT2D eigenvalue weighted by Gasteiger charge is -2.21. The lowest BCUT2D eigenvalue weighted by Crippen LogP contribution is -2.30. The van der Waals surface area contributed by atoms with E-state index in [1.54, 1.807) is 7.11 Å². The van der Waals surface area contributed by atoms with Gasteiger partial charge in [-0.1, -0.05) is 47.1 Å². The number of hydrogen-bond donors (Lipinski definition) is 0. The third kappa shape index (κ3) is 4.31. The van der Waals surface area contributed by atoms with Gasteiger partial charge in [-0.25, -0.2) is 0 Å². The first-order valence-electron chi connectivity index (χ1n) is 9.97. The molecule has 2 aromatic carbocycles. The Labute approximate surface area is 170 Å². The highest BCUT2D eigenvalue weighted by Gasteiger charge is 2.33. The van der Waals surface area contributed by atoms with Crippen LogP contribution in [0.25, 0.3) is 11.4 Å². The quantitative estimate of drug-likeness (QED) is 0.625. The van der Waals surface area contributed by atoms with E-state index in [-0.39, 0.29) is 11.9 Å². The minimum atomic E-state index is -0.134. The van der Waals surface area contributed by atoms with Crippen molar-refractivity contribution in [1.29, 1.82) is 0 Å². The summed E-state index contributed by atoms with van der Waals surface area (Å²) in [6.45, 7) is 2.77. The number of aromatic nitrogens is 2. The summed E-state index contributed by atoms with van der Waals surface area (Å²) in [6.07, 6.45) is 2.96. The summed E-state index contributed by atoms with van der Waals surface area (Å²) in [6, 6.07) is 15.7. The molecule has 150 valence electrons. The van der Waals surface area contributed by atoms with Crippen LogP contribution in [-0.4, -0.2) is 34.6 Å². The summed E-state index contributed by atoms with van der Waals surface area (Å²) in [7, 11) is 1.65. The average molecular weight is 391 g/mol. The van der Waals surface area contributed by atoms with Gasteiger partial charge in [-0.15, -0.1) is 0 Å². The number of ether oxygens (including phenoxy) is 1. The summed E-state index contributed by atoms with van der Waals surface area (Å²) in [5.74, 6) is 2.03. The van der Waals surface area contributed by atoms with Gasteiger partial charge in [0.15, 0.2) is 0 Å². The number of hydrogen-bond acceptors (Lipinski definition) is 5. The minimum absolute atomic E-state index is 0.124. The van der Waals surface area contributed by atoms with Crippen molar-refractivity contribution in [3.05, 3.63) is 65.5 Å². The molecule has 3 aromatic rings. The summed E-state index contributed by atoms with van der Waals surface area (Å²) in [4.78, 5) is 19.3. The third-order valence-corrected chi connectivity index (χ3v) is 5.40. The topological polar surface area (TPSA) is 68.5 Å². The Balaban J connectivity index is 1.41. The predicted octanol–water partition coefficient (Wildman–Crippen LogP) is 4.35. The van der Waals surface area contributed by atoms with E-state index in [2.05, 4.69) is 10.1 Å². The number of amides is 1. The highest BCUT2D eigenvalue weighted by molar-refractivity contribution is 5.77. The number of benzene rings is 2. The average Bonchev–Trinajstić information content (AvgIpc) is 3.42. The first-order valence-corrected chi connectivity index (χ1v) is 9.97. The van der Waals surface area contributed by atoms with E-state index < -0.39 is 0 Å². The van der Waals surface area contributed by atoms with Crippen LogP contribution in [0.4, 0.5) is 0 Å². The van der Waals surface area contributed by atoms with Crippen molar-refractivity contribution >= 4 is 5.91 Å². The normalized spacial score (nSPS) is 16.2. The Morgan fingerprint density at radius 1 is 1.17 bits per heavy atom. The van der Waals surface area contributed by atoms with Gasteiger partial charge >= 0.3 is 0 Å². The van der Waals surface area contributed by atoms with Crippen LogP contribution in [0.5, 0.6) is 5.75 Å². The molecule has 0 N–H and O–H groups in total. The Morgan fingerprint density at radius 3 is 2.66 bits per heavy atom. The van der Waals surface area contributed by atoms with Crippen LogP contribution in [-0.2, 0) is 11.2 Å². The van der Waals surface area contributed by atoms with E-state index in [0.29, 0.717) is 24.6 Å². The number of carbonyl (C=O) groups excluding carboxylic acids is 1. The molecule has 0 unspecified atom stereocenters. The molecule has 0 radical (unpaired) electrons. The van der Waals surface area contributed by atoms with Crippen molar-refractivity contribution in [2.75, 3.05) is 13.7 Å². The van der Waals surface area contributed by atoms with Gasteiger partial charge in [0.2, 0.25) is 17.6 Å². The van der Waals surface area contributed by atoms with E-state index in [1.165, 1.54) is 5.56 Å². The van der Waals surface area contributed by atoms with Crippen LogP contribution in [0.1, 0.15) is 42.3 Å². The molecule has 1 atom stereocenters. The summed E-state index contributed by atoms with van der Waals surface area (Å²) in [5, 5.41) is 4.13. The molecule has 2 heterocycles. The van der Waals surface area contributed by atoms with Gasteiger partial charge in [-0.3, -0.25) is 4.79 Å². The Morgan fingerprint density at radius 2 is 1.93 bits per heavy atom. The van der Waals surface area contributed by atoms with Crippen LogP contribution in [0, 0.1) is 6.92 Å². The summed E-state index contributed by atoms with van der Waals surface area (Å²) < 4.78 is 10.7. The fourth-order valence-corrected chi connectivity index (χ4v) is 3.70. The number of aryl methyl sites for hydroxylation is 2. The van der Waals surface area contributed by atoms with Gasteiger partial charge in [0, 0.05) is 18.5 Å². The SMILES string of the molecule is COc1ccc(CCC(=O)N2CCC[C@H]2c2nc(-c3ccc(C)cc3)no2)cc1. The zero-order valence-corrected chi connectivity index (χ0v) is 16.8. The minimum Gasteiger partial charge on any atom is -0.497 e. The van der Waals surface area contributed by atoms with Gasteiger partial charge in [0.1, 0.15) is 11.8 Å². The third-order valence-electron chi connectivity index (χ3n) is 5.40. The molecule has 4 rings (SSSR count). The van der Waals surface area contributed by atoms with E-state index in [9.17, 15) is 4.79 Å². The van der Waals surface area contributed by atoms with Crippen LogP contribution in [0.15, 0.2) is 53.1 Å². The first kappa shape index (κ1) is 19.2. The van der Waals surface area contributed by atoms with Crippen LogP contribution >= 0.6 is 0 Å². The lowest BCUT2D eigenvalue weighted by molar-refractivity contribution is -0.132. The molecule has 1 amide bonds. The van der Waals surface area contributed by atoms with Crippen LogP contribution in [0.3, 0.4) is 0 Å². The molecule has 1 aromatic heterocycles. The standard InChI is InChI=1S/C23H25N3O3/c1-16-5-10-18(11-6-16)22-24-23(29-25-22)20-4-3-15-26(20)21(27)14-9-17-7-12-19(28-2)13-8-17/h5-8,10-13,20H,3-4,9,14-15H2,1-2H3/t20-/m0/s1. The molecule has 0 spiro atoms. The number of carbonyl (C=O) groups is 1. The zero-order valence-electron chi connectivity index (χ0n) is 16.8. The van der Waals surface area contributed by atoms with Gasteiger partial charge in [-0.2, -0.15) is 4.98 Å². The summed E-state index contributed by atoms with van der Waals surface area (Å²) in [5.41, 5.74) is 3.22. The van der Waals surface area contributed by atoms with E-state index in [0.717, 1.165) is 36.3 Å². The molecule has 1 aliphatic heterocycles. The molecule has 0 aliphatic carbocycles. The molecule has 1 fully saturated rings. The second-order valence-electron chi connectivity index (χ2n) is 7.42. The predicted molar refractivity (Wildman–Crippen MR) is 109 cm³/mol. The van der Waals surface area contributed by atoms with Crippen molar-refractivity contribution in [3.8, 4) is 17.1 Å².